The van der Waals surface area contributed by atoms with Gasteiger partial charge in [0.1, 0.15) is 4.53 Å². The lowest BCUT2D eigenvalue weighted by molar-refractivity contribution is -0.140. The van der Waals surface area contributed by atoms with E-state index in [1.165, 1.54) is 11.7 Å². The van der Waals surface area contributed by atoms with Crippen molar-refractivity contribution in [1.82, 2.24) is 4.57 Å². The molecule has 5 rings (SSSR count). The maximum Gasteiger partial charge on any atom is 0.338 e. The maximum atomic E-state index is 14.2. The van der Waals surface area contributed by atoms with Crippen molar-refractivity contribution in [2.24, 2.45) is 10.9 Å². The Bertz CT molecular complexity index is 1800. The van der Waals surface area contributed by atoms with Gasteiger partial charge >= 0.3 is 11.9 Å². The second-order valence-electron chi connectivity index (χ2n) is 10.1. The Balaban J connectivity index is 1.75. The van der Waals surface area contributed by atoms with Crippen LogP contribution in [0.15, 0.2) is 82.2 Å². The summed E-state index contributed by atoms with van der Waals surface area (Å²) in [6.07, 6.45) is 1.63. The van der Waals surface area contributed by atoms with E-state index in [4.69, 9.17) is 9.47 Å². The number of ether oxygens (including phenoxy) is 2. The number of thiazole rings is 1. The summed E-state index contributed by atoms with van der Waals surface area (Å²) in [5, 5.41) is 0. The molecule has 1 amide bonds. The molecular formula is C31H29N3O6S. The van der Waals surface area contributed by atoms with E-state index < -0.39 is 23.5 Å². The zero-order valence-corrected chi connectivity index (χ0v) is 24.0. The van der Waals surface area contributed by atoms with E-state index >= 15 is 0 Å². The fraction of sp³-hybridized carbons (Fsp3) is 0.258. The zero-order chi connectivity index (χ0) is 29.4. The number of allylic oxidation sites excluding steroid dienone is 1. The van der Waals surface area contributed by atoms with Gasteiger partial charge in [0, 0.05) is 12.1 Å². The molecule has 2 aromatic carbocycles. The third-order valence-electron chi connectivity index (χ3n) is 6.87. The van der Waals surface area contributed by atoms with E-state index in [1.54, 1.807) is 42.2 Å². The molecule has 0 aliphatic carbocycles. The molecule has 9 nitrogen and oxygen atoms in total. The molecule has 0 saturated carbocycles. The van der Waals surface area contributed by atoms with Gasteiger partial charge in [-0.2, -0.15) is 0 Å². The van der Waals surface area contributed by atoms with Crippen LogP contribution in [0.1, 0.15) is 48.3 Å². The minimum atomic E-state index is -0.886. The number of nitrogens with zero attached hydrogens (tertiary/aromatic N) is 3. The summed E-state index contributed by atoms with van der Waals surface area (Å²) >= 11 is 1.11. The van der Waals surface area contributed by atoms with Gasteiger partial charge in [-0.1, -0.05) is 61.6 Å². The quantitative estimate of drug-likeness (QED) is 0.319. The van der Waals surface area contributed by atoms with Crippen LogP contribution in [-0.2, 0) is 19.1 Å². The summed E-state index contributed by atoms with van der Waals surface area (Å²) in [7, 11) is 1.29. The zero-order valence-electron chi connectivity index (χ0n) is 23.2. The van der Waals surface area contributed by atoms with E-state index in [2.05, 4.69) is 11.6 Å². The van der Waals surface area contributed by atoms with Gasteiger partial charge in [-0.15, -0.1) is 6.58 Å². The molecule has 41 heavy (non-hydrogen) atoms. The van der Waals surface area contributed by atoms with Crippen LogP contribution < -0.4 is 19.8 Å². The number of hydrogen-bond donors (Lipinski definition) is 0. The molecule has 210 valence electrons. The average Bonchev–Trinajstić information content (AvgIpc) is 3.43. The fourth-order valence-electron chi connectivity index (χ4n) is 5.00. The molecule has 0 N–H and O–H groups in total. The number of aromatic nitrogens is 1. The molecule has 0 saturated heterocycles. The number of hydrogen-bond acceptors (Lipinski definition) is 8. The first-order valence-electron chi connectivity index (χ1n) is 13.1. The van der Waals surface area contributed by atoms with Gasteiger partial charge in [0.05, 0.1) is 47.9 Å². The summed E-state index contributed by atoms with van der Waals surface area (Å²) in [6.45, 7) is 9.81. The number of benzene rings is 2. The number of carbonyl (C=O) groups is 3. The number of esters is 2. The first-order chi connectivity index (χ1) is 19.7. The number of rotatable bonds is 7. The number of para-hydroxylation sites is 1. The summed E-state index contributed by atoms with van der Waals surface area (Å²) in [5.41, 5.74) is 2.71. The van der Waals surface area contributed by atoms with E-state index in [0.717, 1.165) is 11.3 Å². The Kier molecular flexibility index (Phi) is 7.59. The lowest BCUT2D eigenvalue weighted by atomic mass is 9.95. The Morgan fingerprint density at radius 3 is 2.46 bits per heavy atom. The number of fused-ring (bicyclic) bond motifs is 2. The van der Waals surface area contributed by atoms with Gasteiger partial charge in [0.15, 0.2) is 4.80 Å². The number of carbonyl (C=O) groups excluding carboxylic acids is 3. The summed E-state index contributed by atoms with van der Waals surface area (Å²) in [4.78, 5) is 59.9. The maximum absolute atomic E-state index is 14.2. The van der Waals surface area contributed by atoms with Gasteiger partial charge in [0.25, 0.3) is 11.5 Å². The third kappa shape index (κ3) is 4.84. The molecule has 0 radical (unpaired) electrons. The highest BCUT2D eigenvalue weighted by Gasteiger charge is 2.37. The van der Waals surface area contributed by atoms with Gasteiger partial charge in [-0.3, -0.25) is 14.2 Å². The van der Waals surface area contributed by atoms with Crippen LogP contribution in [0.3, 0.4) is 0 Å². The summed E-state index contributed by atoms with van der Waals surface area (Å²) in [6, 6.07) is 12.9. The molecule has 0 bridgehead atoms. The molecular weight excluding hydrogens is 542 g/mol. The minimum Gasteiger partial charge on any atom is -0.465 e. The van der Waals surface area contributed by atoms with Crippen LogP contribution in [-0.4, -0.2) is 42.7 Å². The highest BCUT2D eigenvalue weighted by molar-refractivity contribution is 7.07. The van der Waals surface area contributed by atoms with Crippen LogP contribution in [0.2, 0.25) is 0 Å². The van der Waals surface area contributed by atoms with Crippen molar-refractivity contribution in [3.05, 3.63) is 109 Å². The molecule has 1 unspecified atom stereocenters. The number of anilines is 1. The molecule has 10 heteroatoms. The van der Waals surface area contributed by atoms with Gasteiger partial charge in [-0.25, -0.2) is 14.6 Å². The van der Waals surface area contributed by atoms with Crippen molar-refractivity contribution in [1.29, 1.82) is 0 Å². The van der Waals surface area contributed by atoms with Crippen LogP contribution in [0.5, 0.6) is 0 Å². The summed E-state index contributed by atoms with van der Waals surface area (Å²) < 4.78 is 12.1. The normalized spacial score (nSPS) is 17.2. The van der Waals surface area contributed by atoms with E-state index in [1.807, 2.05) is 38.1 Å². The largest absolute Gasteiger partial charge is 0.465 e. The standard InChI is InChI=1S/C31H29N3O6S/c1-6-15-33-22-10-8-7-9-21(22)24(27(33)35)26-28(36)34-25(19-11-13-20(14-12-19)29(37)39-5)23(18(4)32-31(34)41-26)30(38)40-16-17(2)3/h6-14,17,25H,1,15-16H2,2-5H3. The SMILES string of the molecule is C=CCN1C(=O)C(=c2sc3n(c2=O)C(c2ccc(C(=O)OC)cc2)C(C(=O)OCC(C)C)=C(C)N=3)c2ccccc21. The number of amides is 1. The fourth-order valence-corrected chi connectivity index (χ4v) is 6.13. The van der Waals surface area contributed by atoms with Gasteiger partial charge in [0.2, 0.25) is 0 Å². The van der Waals surface area contributed by atoms with Gasteiger partial charge in [-0.05, 0) is 36.6 Å². The molecule has 1 atom stereocenters. The topological polar surface area (TPSA) is 107 Å². The summed E-state index contributed by atoms with van der Waals surface area (Å²) in [5.74, 6) is -1.29. The lowest BCUT2D eigenvalue weighted by Gasteiger charge is -2.25. The minimum absolute atomic E-state index is 0.104. The molecule has 0 fully saturated rings. The smallest absolute Gasteiger partial charge is 0.338 e. The molecule has 1 aromatic heterocycles. The van der Waals surface area contributed by atoms with Crippen LogP contribution in [0, 0.1) is 5.92 Å². The Hall–Kier alpha value is -4.57. The molecule has 3 aromatic rings. The van der Waals surface area contributed by atoms with Crippen molar-refractivity contribution >= 4 is 40.4 Å². The second kappa shape index (κ2) is 11.1. The van der Waals surface area contributed by atoms with Crippen molar-refractivity contribution in [2.45, 2.75) is 26.8 Å². The van der Waals surface area contributed by atoms with E-state index in [9.17, 15) is 19.2 Å². The lowest BCUT2D eigenvalue weighted by Crippen LogP contribution is -2.41. The first kappa shape index (κ1) is 28.0. The Labute approximate surface area is 240 Å². The molecule has 3 heterocycles. The van der Waals surface area contributed by atoms with E-state index in [-0.39, 0.29) is 40.7 Å². The molecule has 0 spiro atoms. The van der Waals surface area contributed by atoms with Crippen molar-refractivity contribution in [2.75, 3.05) is 25.2 Å². The van der Waals surface area contributed by atoms with Crippen molar-refractivity contribution in [3.63, 3.8) is 0 Å². The monoisotopic (exact) mass is 571 g/mol. The second-order valence-corrected chi connectivity index (χ2v) is 11.1. The van der Waals surface area contributed by atoms with E-state index in [0.29, 0.717) is 32.9 Å². The third-order valence-corrected chi connectivity index (χ3v) is 7.93. The van der Waals surface area contributed by atoms with Crippen molar-refractivity contribution < 1.29 is 23.9 Å². The Morgan fingerprint density at radius 2 is 1.80 bits per heavy atom. The van der Waals surface area contributed by atoms with Crippen LogP contribution in [0.4, 0.5) is 5.69 Å². The molecule has 2 aliphatic rings. The average molecular weight is 572 g/mol. The Morgan fingerprint density at radius 1 is 1.10 bits per heavy atom. The van der Waals surface area contributed by atoms with Crippen LogP contribution >= 0.6 is 11.3 Å². The first-order valence-corrected chi connectivity index (χ1v) is 13.9. The molecule has 2 aliphatic heterocycles. The van der Waals surface area contributed by atoms with Gasteiger partial charge < -0.3 is 14.4 Å². The predicted octanol–water partition coefficient (Wildman–Crippen LogP) is 3.12. The predicted molar refractivity (Wildman–Crippen MR) is 155 cm³/mol. The number of methoxy groups -OCH3 is 1. The highest BCUT2D eigenvalue weighted by atomic mass is 32.1. The van der Waals surface area contributed by atoms with Crippen molar-refractivity contribution in [3.8, 4) is 0 Å². The van der Waals surface area contributed by atoms with Crippen LogP contribution in [0.25, 0.3) is 5.57 Å². The highest BCUT2D eigenvalue weighted by Crippen LogP contribution is 2.35.